The van der Waals surface area contributed by atoms with Gasteiger partial charge in [-0.05, 0) is 42.0 Å². The van der Waals surface area contributed by atoms with Crippen LogP contribution < -0.4 is 5.32 Å². The highest BCUT2D eigenvalue weighted by Crippen LogP contribution is 2.20. The quantitative estimate of drug-likeness (QED) is 0.600. The maximum Gasteiger partial charge on any atom is 0.255 e. The highest BCUT2D eigenvalue weighted by Gasteiger charge is 2.09. The number of nitrogens with one attached hydrogen (secondary N) is 1. The molecule has 128 valence electrons. The van der Waals surface area contributed by atoms with Gasteiger partial charge in [-0.2, -0.15) is 5.10 Å². The van der Waals surface area contributed by atoms with Gasteiger partial charge in [0, 0.05) is 29.2 Å². The molecule has 0 unspecified atom stereocenters. The Hall–Kier alpha value is -3.74. The lowest BCUT2D eigenvalue weighted by atomic mass is 10.1. The van der Waals surface area contributed by atoms with Crippen LogP contribution in [0, 0.1) is 0 Å². The number of anilines is 1. The van der Waals surface area contributed by atoms with Gasteiger partial charge in [-0.25, -0.2) is 0 Å². The summed E-state index contributed by atoms with van der Waals surface area (Å²) in [7, 11) is 0. The average molecular weight is 345 g/mol. The van der Waals surface area contributed by atoms with Gasteiger partial charge in [0.1, 0.15) is 0 Å². The second-order valence-corrected chi connectivity index (χ2v) is 5.68. The molecule has 0 aliphatic heterocycles. The van der Waals surface area contributed by atoms with Crippen LogP contribution in [0.15, 0.2) is 77.8 Å². The van der Waals surface area contributed by atoms with Gasteiger partial charge in [0.25, 0.3) is 5.91 Å². The maximum absolute atomic E-state index is 12.5. The summed E-state index contributed by atoms with van der Waals surface area (Å²) in [6.45, 7) is 0.668. The first-order valence-corrected chi connectivity index (χ1v) is 8.02. The predicted molar refractivity (Wildman–Crippen MR) is 95.5 cm³/mol. The minimum Gasteiger partial charge on any atom is -0.423 e. The zero-order chi connectivity index (χ0) is 17.8. The summed E-state index contributed by atoms with van der Waals surface area (Å²) in [6.07, 6.45) is 4.91. The molecule has 0 aliphatic rings. The van der Waals surface area contributed by atoms with Gasteiger partial charge < -0.3 is 9.73 Å². The average Bonchev–Trinajstić information content (AvgIpc) is 3.37. The van der Waals surface area contributed by atoms with Gasteiger partial charge in [0.05, 0.1) is 6.54 Å². The lowest BCUT2D eigenvalue weighted by molar-refractivity contribution is 0.102. The summed E-state index contributed by atoms with van der Waals surface area (Å²) >= 11 is 0. The van der Waals surface area contributed by atoms with E-state index in [-0.39, 0.29) is 5.91 Å². The predicted octanol–water partition coefficient (Wildman–Crippen LogP) is 3.23. The molecule has 26 heavy (non-hydrogen) atoms. The summed E-state index contributed by atoms with van der Waals surface area (Å²) in [5.74, 6) is 0.224. The summed E-state index contributed by atoms with van der Waals surface area (Å²) in [5.41, 5.74) is 3.06. The van der Waals surface area contributed by atoms with Gasteiger partial charge in [-0.3, -0.25) is 9.48 Å². The molecule has 2 aromatic carbocycles. The van der Waals surface area contributed by atoms with E-state index < -0.39 is 0 Å². The van der Waals surface area contributed by atoms with E-state index in [0.717, 1.165) is 11.1 Å². The molecule has 0 spiro atoms. The van der Waals surface area contributed by atoms with E-state index in [9.17, 15) is 4.79 Å². The van der Waals surface area contributed by atoms with Gasteiger partial charge in [-0.1, -0.05) is 18.2 Å². The Kier molecular flexibility index (Phi) is 4.26. The van der Waals surface area contributed by atoms with Crippen molar-refractivity contribution in [2.24, 2.45) is 0 Å². The van der Waals surface area contributed by atoms with Crippen LogP contribution >= 0.6 is 0 Å². The van der Waals surface area contributed by atoms with E-state index in [4.69, 9.17) is 4.42 Å². The molecule has 0 saturated carbocycles. The zero-order valence-electron chi connectivity index (χ0n) is 13.7. The highest BCUT2D eigenvalue weighted by atomic mass is 16.4. The van der Waals surface area contributed by atoms with Crippen molar-refractivity contribution in [3.63, 3.8) is 0 Å². The molecular weight excluding hydrogens is 330 g/mol. The molecule has 0 fully saturated rings. The topological polar surface area (TPSA) is 85.8 Å². The van der Waals surface area contributed by atoms with E-state index in [1.54, 1.807) is 24.4 Å². The fourth-order valence-corrected chi connectivity index (χ4v) is 2.57. The molecule has 1 N–H and O–H groups in total. The van der Waals surface area contributed by atoms with E-state index in [1.807, 2.05) is 47.3 Å². The lowest BCUT2D eigenvalue weighted by Gasteiger charge is -2.07. The van der Waals surface area contributed by atoms with Crippen LogP contribution in [0.3, 0.4) is 0 Å². The third kappa shape index (κ3) is 3.51. The number of aromatic nitrogens is 4. The molecule has 7 nitrogen and oxygen atoms in total. The van der Waals surface area contributed by atoms with Crippen LogP contribution in [0.4, 0.5) is 5.69 Å². The van der Waals surface area contributed by atoms with Crippen molar-refractivity contribution in [2.75, 3.05) is 5.32 Å². The number of nitrogens with zero attached hydrogens (tertiary/aromatic N) is 4. The second kappa shape index (κ2) is 7.02. The Labute approximate surface area is 149 Å². The Morgan fingerprint density at radius 1 is 1.12 bits per heavy atom. The summed E-state index contributed by atoms with van der Waals surface area (Å²) in [5, 5.41) is 14.6. The molecule has 2 heterocycles. The number of rotatable bonds is 5. The molecule has 7 heteroatoms. The minimum atomic E-state index is -0.182. The molecule has 2 aromatic heterocycles. The van der Waals surface area contributed by atoms with Crippen LogP contribution in [0.5, 0.6) is 0 Å². The zero-order valence-corrected chi connectivity index (χ0v) is 13.7. The number of carbonyl (C=O) groups is 1. The number of carbonyl (C=O) groups excluding carboxylic acids is 1. The number of benzene rings is 2. The van der Waals surface area contributed by atoms with Crippen LogP contribution in [0.2, 0.25) is 0 Å². The maximum atomic E-state index is 12.5. The van der Waals surface area contributed by atoms with Crippen molar-refractivity contribution < 1.29 is 9.21 Å². The van der Waals surface area contributed by atoms with Crippen molar-refractivity contribution in [1.29, 1.82) is 0 Å². The van der Waals surface area contributed by atoms with E-state index in [1.165, 1.54) is 6.39 Å². The lowest BCUT2D eigenvalue weighted by Crippen LogP contribution is -2.12. The monoisotopic (exact) mass is 345 g/mol. The first-order valence-electron chi connectivity index (χ1n) is 8.02. The van der Waals surface area contributed by atoms with E-state index in [0.29, 0.717) is 23.7 Å². The first kappa shape index (κ1) is 15.8. The fourth-order valence-electron chi connectivity index (χ4n) is 2.57. The molecule has 1 amide bonds. The third-order valence-electron chi connectivity index (χ3n) is 3.85. The third-order valence-corrected chi connectivity index (χ3v) is 3.85. The van der Waals surface area contributed by atoms with Gasteiger partial charge in [0.2, 0.25) is 12.3 Å². The highest BCUT2D eigenvalue weighted by molar-refractivity contribution is 6.04. The fraction of sp³-hybridized carbons (Fsp3) is 0.0526. The first-order chi connectivity index (χ1) is 12.8. The van der Waals surface area contributed by atoms with Gasteiger partial charge in [-0.15, -0.1) is 10.2 Å². The summed E-state index contributed by atoms with van der Waals surface area (Å²) in [6, 6.07) is 16.6. The molecule has 0 bridgehead atoms. The van der Waals surface area contributed by atoms with Crippen molar-refractivity contribution in [3.8, 4) is 11.5 Å². The Morgan fingerprint density at radius 3 is 2.73 bits per heavy atom. The van der Waals surface area contributed by atoms with Crippen molar-refractivity contribution in [2.45, 2.75) is 6.54 Å². The Balaban J connectivity index is 1.45. The summed E-state index contributed by atoms with van der Waals surface area (Å²) < 4.78 is 7.01. The largest absolute Gasteiger partial charge is 0.423 e. The molecule has 0 saturated heterocycles. The van der Waals surface area contributed by atoms with E-state index >= 15 is 0 Å². The molecule has 0 aliphatic carbocycles. The van der Waals surface area contributed by atoms with Gasteiger partial charge in [0.15, 0.2) is 0 Å². The summed E-state index contributed by atoms with van der Waals surface area (Å²) in [4.78, 5) is 12.5. The molecule has 0 radical (unpaired) electrons. The van der Waals surface area contributed by atoms with Gasteiger partial charge >= 0.3 is 0 Å². The SMILES string of the molecule is O=C(Nc1cccc(-c2nnco2)c1)c1ccc(Cn2cccn2)cc1. The smallest absolute Gasteiger partial charge is 0.255 e. The molecule has 4 rings (SSSR count). The van der Waals surface area contributed by atoms with Crippen LogP contribution in [0.25, 0.3) is 11.5 Å². The molecular formula is C19H15N5O2. The standard InChI is InChI=1S/C19H15N5O2/c25-18(15-7-5-14(6-8-15)12-24-10-2-9-21-24)22-17-4-1-3-16(11-17)19-23-20-13-26-19/h1-11,13H,12H2,(H,22,25). The number of amides is 1. The number of hydrogen-bond donors (Lipinski definition) is 1. The van der Waals surface area contributed by atoms with Crippen LogP contribution in [0.1, 0.15) is 15.9 Å². The van der Waals surface area contributed by atoms with Crippen LogP contribution in [-0.2, 0) is 6.54 Å². The number of hydrogen-bond acceptors (Lipinski definition) is 5. The Bertz CT molecular complexity index is 993. The van der Waals surface area contributed by atoms with Crippen molar-refractivity contribution in [1.82, 2.24) is 20.0 Å². The van der Waals surface area contributed by atoms with E-state index in [2.05, 4.69) is 20.6 Å². The molecule has 4 aromatic rings. The second-order valence-electron chi connectivity index (χ2n) is 5.68. The minimum absolute atomic E-state index is 0.182. The Morgan fingerprint density at radius 2 is 2.00 bits per heavy atom. The normalized spacial score (nSPS) is 10.6. The van der Waals surface area contributed by atoms with Crippen molar-refractivity contribution >= 4 is 11.6 Å². The van der Waals surface area contributed by atoms with Crippen LogP contribution in [-0.4, -0.2) is 25.9 Å². The van der Waals surface area contributed by atoms with Crippen molar-refractivity contribution in [3.05, 3.63) is 84.5 Å². The molecule has 0 atom stereocenters.